The van der Waals surface area contributed by atoms with Crippen molar-refractivity contribution in [2.75, 3.05) is 7.05 Å². The van der Waals surface area contributed by atoms with E-state index in [0.29, 0.717) is 0 Å². The first-order valence-corrected chi connectivity index (χ1v) is 6.28. The van der Waals surface area contributed by atoms with Crippen LogP contribution in [-0.2, 0) is 10.2 Å². The van der Waals surface area contributed by atoms with Crippen molar-refractivity contribution in [1.29, 1.82) is 0 Å². The molecule has 3 heteroatoms. The van der Waals surface area contributed by atoms with E-state index in [-0.39, 0.29) is 5.91 Å². The molecular weight excluding hydrogens is 224 g/mol. The lowest BCUT2D eigenvalue weighted by Crippen LogP contribution is -2.46. The van der Waals surface area contributed by atoms with Gasteiger partial charge in [0.05, 0.1) is 5.41 Å². The Bertz CT molecular complexity index is 450. The Morgan fingerprint density at radius 1 is 1.06 bits per heavy atom. The number of hydrogen-bond donors (Lipinski definition) is 2. The van der Waals surface area contributed by atoms with E-state index in [2.05, 4.69) is 44.6 Å². The summed E-state index contributed by atoms with van der Waals surface area (Å²) in [6.45, 7) is 12.3. The zero-order valence-corrected chi connectivity index (χ0v) is 12.5. The van der Waals surface area contributed by atoms with E-state index < -0.39 is 5.41 Å². The van der Waals surface area contributed by atoms with Gasteiger partial charge in [0.25, 0.3) is 0 Å². The van der Waals surface area contributed by atoms with Gasteiger partial charge in [0.1, 0.15) is 0 Å². The SMILES string of the molecule is CNNC(=O)C(C)(C)c1c(C)c(C)cc(C)c1C. The minimum absolute atomic E-state index is 0.0128. The molecular formula is C15H24N2O. The van der Waals surface area contributed by atoms with Gasteiger partial charge in [0, 0.05) is 7.05 Å². The summed E-state index contributed by atoms with van der Waals surface area (Å²) in [6.07, 6.45) is 0. The van der Waals surface area contributed by atoms with Crippen LogP contribution in [0.15, 0.2) is 6.07 Å². The lowest BCUT2D eigenvalue weighted by Gasteiger charge is -2.29. The molecule has 100 valence electrons. The number of nitrogens with one attached hydrogen (secondary N) is 2. The van der Waals surface area contributed by atoms with Crippen molar-refractivity contribution in [3.63, 3.8) is 0 Å². The van der Waals surface area contributed by atoms with E-state index in [1.165, 1.54) is 22.3 Å². The Hall–Kier alpha value is -1.35. The average molecular weight is 248 g/mol. The number of carbonyl (C=O) groups excluding carboxylic acids is 1. The molecule has 3 nitrogen and oxygen atoms in total. The fourth-order valence-electron chi connectivity index (χ4n) is 2.54. The number of carbonyl (C=O) groups is 1. The minimum Gasteiger partial charge on any atom is -0.291 e. The van der Waals surface area contributed by atoms with Crippen LogP contribution in [-0.4, -0.2) is 13.0 Å². The van der Waals surface area contributed by atoms with Gasteiger partial charge in [-0.3, -0.25) is 10.2 Å². The summed E-state index contributed by atoms with van der Waals surface area (Å²) in [5, 5.41) is 0. The predicted octanol–water partition coefficient (Wildman–Crippen LogP) is 2.45. The van der Waals surface area contributed by atoms with Crippen LogP contribution in [0.1, 0.15) is 41.7 Å². The fraction of sp³-hybridized carbons (Fsp3) is 0.533. The summed E-state index contributed by atoms with van der Waals surface area (Å²) < 4.78 is 0. The topological polar surface area (TPSA) is 41.1 Å². The van der Waals surface area contributed by atoms with E-state index in [1.807, 2.05) is 13.8 Å². The molecule has 1 rings (SSSR count). The van der Waals surface area contributed by atoms with Crippen molar-refractivity contribution in [2.45, 2.75) is 47.0 Å². The fourth-order valence-corrected chi connectivity index (χ4v) is 2.54. The zero-order valence-electron chi connectivity index (χ0n) is 12.5. The van der Waals surface area contributed by atoms with Gasteiger partial charge in [0.2, 0.25) is 5.91 Å². The van der Waals surface area contributed by atoms with Gasteiger partial charge in [-0.1, -0.05) is 6.07 Å². The normalized spacial score (nSPS) is 11.5. The third-order valence-electron chi connectivity index (χ3n) is 3.80. The van der Waals surface area contributed by atoms with Crippen LogP contribution in [0.3, 0.4) is 0 Å². The molecule has 0 bridgehead atoms. The molecule has 0 spiro atoms. The molecule has 0 heterocycles. The van der Waals surface area contributed by atoms with Crippen LogP contribution >= 0.6 is 0 Å². The second-order valence-corrected chi connectivity index (χ2v) is 5.46. The molecule has 0 unspecified atom stereocenters. The van der Waals surface area contributed by atoms with E-state index in [4.69, 9.17) is 0 Å². The van der Waals surface area contributed by atoms with Crippen molar-refractivity contribution in [2.24, 2.45) is 0 Å². The lowest BCUT2D eigenvalue weighted by molar-refractivity contribution is -0.126. The van der Waals surface area contributed by atoms with Crippen LogP contribution in [0.25, 0.3) is 0 Å². The Morgan fingerprint density at radius 2 is 1.50 bits per heavy atom. The minimum atomic E-state index is -0.548. The Balaban J connectivity index is 3.45. The quantitative estimate of drug-likeness (QED) is 0.807. The van der Waals surface area contributed by atoms with E-state index >= 15 is 0 Å². The molecule has 0 aliphatic rings. The third kappa shape index (κ3) is 2.41. The number of aryl methyl sites for hydroxylation is 2. The van der Waals surface area contributed by atoms with Gasteiger partial charge in [-0.05, 0) is 69.4 Å². The summed E-state index contributed by atoms with van der Waals surface area (Å²) >= 11 is 0. The molecule has 0 aliphatic heterocycles. The van der Waals surface area contributed by atoms with E-state index in [0.717, 1.165) is 5.56 Å². The number of amides is 1. The van der Waals surface area contributed by atoms with Gasteiger partial charge in [-0.25, -0.2) is 5.43 Å². The Labute approximate surface area is 110 Å². The summed E-state index contributed by atoms with van der Waals surface area (Å²) in [6, 6.07) is 2.18. The Kier molecular flexibility index (Phi) is 4.17. The van der Waals surface area contributed by atoms with Gasteiger partial charge in [-0.15, -0.1) is 0 Å². The van der Waals surface area contributed by atoms with Crippen LogP contribution in [0.2, 0.25) is 0 Å². The molecule has 0 fully saturated rings. The largest absolute Gasteiger partial charge is 0.291 e. The standard InChI is InChI=1S/C15H24N2O/c1-9-8-10(2)12(4)13(11(9)3)15(5,6)14(18)17-16-7/h8,16H,1-7H3,(H,17,18). The highest BCUT2D eigenvalue weighted by molar-refractivity contribution is 5.88. The molecule has 0 saturated carbocycles. The average Bonchev–Trinajstić information content (AvgIpc) is 2.26. The molecule has 0 aliphatic carbocycles. The van der Waals surface area contributed by atoms with E-state index in [9.17, 15) is 4.79 Å². The molecule has 0 saturated heterocycles. The molecule has 0 atom stereocenters. The van der Waals surface area contributed by atoms with Gasteiger partial charge < -0.3 is 0 Å². The second-order valence-electron chi connectivity index (χ2n) is 5.46. The van der Waals surface area contributed by atoms with Gasteiger partial charge in [-0.2, -0.15) is 0 Å². The van der Waals surface area contributed by atoms with Crippen molar-refractivity contribution in [3.05, 3.63) is 33.9 Å². The van der Waals surface area contributed by atoms with Crippen LogP contribution in [0, 0.1) is 27.7 Å². The molecule has 0 radical (unpaired) electrons. The van der Waals surface area contributed by atoms with Crippen molar-refractivity contribution >= 4 is 5.91 Å². The molecule has 1 amide bonds. The first kappa shape index (κ1) is 14.7. The molecule has 18 heavy (non-hydrogen) atoms. The maximum atomic E-state index is 12.2. The number of rotatable bonds is 3. The maximum Gasteiger partial charge on any atom is 0.244 e. The number of benzene rings is 1. The highest BCUT2D eigenvalue weighted by atomic mass is 16.2. The first-order valence-electron chi connectivity index (χ1n) is 6.28. The third-order valence-corrected chi connectivity index (χ3v) is 3.80. The highest BCUT2D eigenvalue weighted by Gasteiger charge is 2.33. The second kappa shape index (κ2) is 5.11. The summed E-state index contributed by atoms with van der Waals surface area (Å²) in [5.74, 6) is -0.0128. The highest BCUT2D eigenvalue weighted by Crippen LogP contribution is 2.33. The monoisotopic (exact) mass is 248 g/mol. The summed E-state index contributed by atoms with van der Waals surface area (Å²) in [5.41, 5.74) is 10.9. The van der Waals surface area contributed by atoms with Crippen molar-refractivity contribution < 1.29 is 4.79 Å². The smallest absolute Gasteiger partial charge is 0.244 e. The number of hydrogen-bond acceptors (Lipinski definition) is 2. The predicted molar refractivity (Wildman–Crippen MR) is 75.6 cm³/mol. The molecule has 2 N–H and O–H groups in total. The molecule has 0 aromatic heterocycles. The molecule has 1 aromatic rings. The van der Waals surface area contributed by atoms with Crippen LogP contribution in [0.5, 0.6) is 0 Å². The van der Waals surface area contributed by atoms with Crippen molar-refractivity contribution in [1.82, 2.24) is 10.9 Å². The Morgan fingerprint density at radius 3 is 1.89 bits per heavy atom. The van der Waals surface area contributed by atoms with E-state index in [1.54, 1.807) is 7.05 Å². The summed E-state index contributed by atoms with van der Waals surface area (Å²) in [4.78, 5) is 12.2. The van der Waals surface area contributed by atoms with Gasteiger partial charge >= 0.3 is 0 Å². The first-order chi connectivity index (χ1) is 8.23. The lowest BCUT2D eigenvalue weighted by atomic mass is 9.76. The van der Waals surface area contributed by atoms with Crippen LogP contribution < -0.4 is 10.9 Å². The van der Waals surface area contributed by atoms with Gasteiger partial charge in [0.15, 0.2) is 0 Å². The van der Waals surface area contributed by atoms with Crippen LogP contribution in [0.4, 0.5) is 0 Å². The molecule has 1 aromatic carbocycles. The zero-order chi connectivity index (χ0) is 14.1. The van der Waals surface area contributed by atoms with Crippen molar-refractivity contribution in [3.8, 4) is 0 Å². The maximum absolute atomic E-state index is 12.2. The summed E-state index contributed by atoms with van der Waals surface area (Å²) in [7, 11) is 1.70. The number of hydrazine groups is 1.